The number of halogens is 1. The van der Waals surface area contributed by atoms with Crippen LogP contribution in [0.2, 0.25) is 0 Å². The topological polar surface area (TPSA) is 12.0 Å². The van der Waals surface area contributed by atoms with Gasteiger partial charge in [0.25, 0.3) is 0 Å². The number of hydrogen-bond donors (Lipinski definition) is 1. The zero-order chi connectivity index (χ0) is 11.5. The first-order valence-corrected chi connectivity index (χ1v) is 7.07. The number of likely N-dealkylation sites (N-methyl/N-ethyl adjacent to an activating group) is 1. The van der Waals surface area contributed by atoms with Gasteiger partial charge in [-0.05, 0) is 47.3 Å². The SMILES string of the molecule is CCC(C)(C)C(Cc1cc(Br)cs1)NC. The largest absolute Gasteiger partial charge is 0.316 e. The lowest BCUT2D eigenvalue weighted by Crippen LogP contribution is -2.41. The van der Waals surface area contributed by atoms with Gasteiger partial charge in [0.1, 0.15) is 0 Å². The molecule has 0 spiro atoms. The van der Waals surface area contributed by atoms with Gasteiger partial charge in [-0.25, -0.2) is 0 Å². The van der Waals surface area contributed by atoms with Crippen LogP contribution >= 0.6 is 27.3 Å². The molecule has 1 atom stereocenters. The van der Waals surface area contributed by atoms with Gasteiger partial charge in [-0.1, -0.05) is 20.8 Å². The summed E-state index contributed by atoms with van der Waals surface area (Å²) in [7, 11) is 2.06. The summed E-state index contributed by atoms with van der Waals surface area (Å²) < 4.78 is 1.20. The zero-order valence-corrected chi connectivity index (χ0v) is 12.3. The second-order valence-electron chi connectivity index (χ2n) is 4.62. The Morgan fingerprint density at radius 3 is 2.60 bits per heavy atom. The van der Waals surface area contributed by atoms with Crippen molar-refractivity contribution in [2.24, 2.45) is 5.41 Å². The van der Waals surface area contributed by atoms with Crippen LogP contribution in [0.5, 0.6) is 0 Å². The Hall–Kier alpha value is 0.140. The third-order valence-corrected chi connectivity index (χ3v) is 4.95. The molecule has 3 heteroatoms. The number of rotatable bonds is 5. The van der Waals surface area contributed by atoms with Crippen molar-refractivity contribution < 1.29 is 0 Å². The molecule has 86 valence electrons. The fourth-order valence-electron chi connectivity index (χ4n) is 1.68. The van der Waals surface area contributed by atoms with Crippen LogP contribution < -0.4 is 5.32 Å². The Kier molecular flexibility index (Phi) is 4.81. The first-order valence-electron chi connectivity index (χ1n) is 5.39. The maximum absolute atomic E-state index is 3.50. The summed E-state index contributed by atoms with van der Waals surface area (Å²) in [6.07, 6.45) is 2.32. The fraction of sp³-hybridized carbons (Fsp3) is 0.667. The molecular weight excluding hydrogens is 270 g/mol. The molecule has 0 radical (unpaired) electrons. The van der Waals surface area contributed by atoms with E-state index in [2.05, 4.69) is 60.5 Å². The van der Waals surface area contributed by atoms with Gasteiger partial charge in [-0.2, -0.15) is 0 Å². The van der Waals surface area contributed by atoms with E-state index >= 15 is 0 Å². The summed E-state index contributed by atoms with van der Waals surface area (Å²) in [5.41, 5.74) is 0.352. The molecule has 0 aliphatic rings. The maximum Gasteiger partial charge on any atom is 0.0285 e. The smallest absolute Gasteiger partial charge is 0.0285 e. The van der Waals surface area contributed by atoms with E-state index in [1.54, 1.807) is 0 Å². The van der Waals surface area contributed by atoms with Crippen LogP contribution in [0.1, 0.15) is 32.1 Å². The lowest BCUT2D eigenvalue weighted by Gasteiger charge is -2.33. The molecule has 1 unspecified atom stereocenters. The molecule has 0 saturated heterocycles. The minimum Gasteiger partial charge on any atom is -0.316 e. The van der Waals surface area contributed by atoms with Crippen molar-refractivity contribution >= 4 is 27.3 Å². The molecule has 0 fully saturated rings. The second kappa shape index (κ2) is 5.46. The van der Waals surface area contributed by atoms with E-state index in [1.165, 1.54) is 15.8 Å². The predicted molar refractivity (Wildman–Crippen MR) is 72.6 cm³/mol. The molecule has 0 aliphatic heterocycles. The third kappa shape index (κ3) is 3.58. The van der Waals surface area contributed by atoms with E-state index in [1.807, 2.05) is 11.3 Å². The summed E-state index contributed by atoms with van der Waals surface area (Å²) in [6.45, 7) is 6.92. The molecule has 0 amide bonds. The Morgan fingerprint density at radius 2 is 2.20 bits per heavy atom. The predicted octanol–water partition coefficient (Wildman–Crippen LogP) is 4.08. The first-order chi connectivity index (χ1) is 6.99. The Labute approximate surface area is 105 Å². The van der Waals surface area contributed by atoms with Crippen molar-refractivity contribution in [2.75, 3.05) is 7.05 Å². The second-order valence-corrected chi connectivity index (χ2v) is 6.53. The highest BCUT2D eigenvalue weighted by Crippen LogP contribution is 2.29. The van der Waals surface area contributed by atoms with Gasteiger partial charge in [-0.15, -0.1) is 11.3 Å². The molecule has 1 nitrogen and oxygen atoms in total. The Balaban J connectivity index is 2.69. The summed E-state index contributed by atoms with van der Waals surface area (Å²) in [6, 6.07) is 2.77. The van der Waals surface area contributed by atoms with Crippen LogP contribution in [0.3, 0.4) is 0 Å². The maximum atomic E-state index is 3.50. The van der Waals surface area contributed by atoms with Crippen LogP contribution in [0.25, 0.3) is 0 Å². The van der Waals surface area contributed by atoms with Crippen LogP contribution in [-0.2, 0) is 6.42 Å². The van der Waals surface area contributed by atoms with Crippen molar-refractivity contribution in [3.63, 3.8) is 0 Å². The highest BCUT2D eigenvalue weighted by atomic mass is 79.9. The van der Waals surface area contributed by atoms with Crippen LogP contribution in [-0.4, -0.2) is 13.1 Å². The lowest BCUT2D eigenvalue weighted by molar-refractivity contribution is 0.241. The van der Waals surface area contributed by atoms with Crippen molar-refractivity contribution in [1.82, 2.24) is 5.32 Å². The first kappa shape index (κ1) is 13.2. The van der Waals surface area contributed by atoms with Crippen LogP contribution in [0, 0.1) is 5.41 Å². The average Bonchev–Trinajstić information content (AvgIpc) is 2.60. The molecule has 1 heterocycles. The standard InChI is InChI=1S/C12H20BrNS/c1-5-12(2,3)11(14-4)7-10-6-9(13)8-15-10/h6,8,11,14H,5,7H2,1-4H3. The van der Waals surface area contributed by atoms with Crippen LogP contribution in [0.4, 0.5) is 0 Å². The number of nitrogens with one attached hydrogen (secondary N) is 1. The summed E-state index contributed by atoms with van der Waals surface area (Å²) in [4.78, 5) is 1.45. The van der Waals surface area contributed by atoms with Gasteiger partial charge in [-0.3, -0.25) is 0 Å². The third-order valence-electron chi connectivity index (χ3n) is 3.23. The fourth-order valence-corrected chi connectivity index (χ4v) is 3.18. The van der Waals surface area contributed by atoms with E-state index in [-0.39, 0.29) is 0 Å². The molecule has 1 aromatic rings. The minimum atomic E-state index is 0.352. The van der Waals surface area contributed by atoms with E-state index in [4.69, 9.17) is 0 Å². The Bertz CT molecular complexity index is 306. The van der Waals surface area contributed by atoms with E-state index in [0.29, 0.717) is 11.5 Å². The minimum absolute atomic E-state index is 0.352. The van der Waals surface area contributed by atoms with Crippen molar-refractivity contribution in [1.29, 1.82) is 0 Å². The van der Waals surface area contributed by atoms with E-state index in [0.717, 1.165) is 6.42 Å². The van der Waals surface area contributed by atoms with Crippen LogP contribution in [0.15, 0.2) is 15.9 Å². The van der Waals surface area contributed by atoms with Crippen molar-refractivity contribution in [3.8, 4) is 0 Å². The highest BCUT2D eigenvalue weighted by Gasteiger charge is 2.26. The molecule has 15 heavy (non-hydrogen) atoms. The summed E-state index contributed by atoms with van der Waals surface area (Å²) in [5, 5.41) is 5.60. The quantitative estimate of drug-likeness (QED) is 0.861. The van der Waals surface area contributed by atoms with E-state index < -0.39 is 0 Å². The average molecular weight is 290 g/mol. The van der Waals surface area contributed by atoms with Gasteiger partial charge < -0.3 is 5.32 Å². The molecular formula is C12H20BrNS. The molecule has 0 aromatic carbocycles. The normalized spacial score (nSPS) is 14.2. The highest BCUT2D eigenvalue weighted by molar-refractivity contribution is 9.10. The van der Waals surface area contributed by atoms with Gasteiger partial charge >= 0.3 is 0 Å². The van der Waals surface area contributed by atoms with Gasteiger partial charge in [0.05, 0.1) is 0 Å². The number of thiophene rings is 1. The van der Waals surface area contributed by atoms with Gasteiger partial charge in [0, 0.05) is 20.8 Å². The Morgan fingerprint density at radius 1 is 1.53 bits per heavy atom. The lowest BCUT2D eigenvalue weighted by atomic mass is 9.80. The number of hydrogen-bond acceptors (Lipinski definition) is 2. The zero-order valence-electron chi connectivity index (χ0n) is 9.93. The monoisotopic (exact) mass is 289 g/mol. The molecule has 1 N–H and O–H groups in total. The van der Waals surface area contributed by atoms with Crippen molar-refractivity contribution in [2.45, 2.75) is 39.7 Å². The van der Waals surface area contributed by atoms with Gasteiger partial charge in [0.15, 0.2) is 0 Å². The summed E-state index contributed by atoms with van der Waals surface area (Å²) >= 11 is 5.33. The van der Waals surface area contributed by atoms with E-state index in [9.17, 15) is 0 Å². The molecule has 1 rings (SSSR count). The van der Waals surface area contributed by atoms with Gasteiger partial charge in [0.2, 0.25) is 0 Å². The molecule has 0 bridgehead atoms. The molecule has 0 saturated carbocycles. The summed E-state index contributed by atoms with van der Waals surface area (Å²) in [5.74, 6) is 0. The molecule has 1 aromatic heterocycles. The van der Waals surface area contributed by atoms with Crippen molar-refractivity contribution in [3.05, 3.63) is 20.8 Å². The molecule has 0 aliphatic carbocycles.